The molecule has 0 saturated heterocycles. The monoisotopic (exact) mass is 174 g/mol. The number of carboxylic acid groups (broad SMARTS) is 1. The molecule has 4 heteroatoms. The highest BCUT2D eigenvalue weighted by Crippen LogP contribution is 2.27. The van der Waals surface area contributed by atoms with Crippen LogP contribution < -0.4 is 0 Å². The molecule has 0 aromatic rings. The Labute approximate surface area is 70.8 Å². The molecule has 70 valence electrons. The molecule has 4 nitrogen and oxygen atoms in total. The van der Waals surface area contributed by atoms with Crippen LogP contribution in [0.2, 0.25) is 0 Å². The third-order valence-corrected chi connectivity index (χ3v) is 2.35. The Kier molecular flexibility index (Phi) is 3.05. The van der Waals surface area contributed by atoms with Crippen LogP contribution in [0.1, 0.15) is 25.7 Å². The molecule has 0 aromatic carbocycles. The van der Waals surface area contributed by atoms with Crippen molar-refractivity contribution in [3.63, 3.8) is 0 Å². The number of carboxylic acids is 1. The van der Waals surface area contributed by atoms with Crippen LogP contribution in [-0.4, -0.2) is 33.5 Å². The lowest BCUT2D eigenvalue weighted by Gasteiger charge is -2.29. The smallest absolute Gasteiger partial charge is 0.303 e. The van der Waals surface area contributed by atoms with Gasteiger partial charge in [0, 0.05) is 0 Å². The largest absolute Gasteiger partial charge is 0.481 e. The van der Waals surface area contributed by atoms with Crippen molar-refractivity contribution in [2.45, 2.75) is 37.9 Å². The lowest BCUT2D eigenvalue weighted by atomic mass is 9.83. The Hall–Kier alpha value is -0.610. The Morgan fingerprint density at radius 2 is 2.00 bits per heavy atom. The first-order chi connectivity index (χ1) is 5.59. The van der Waals surface area contributed by atoms with E-state index in [1.165, 1.54) is 0 Å². The average Bonchev–Trinajstić information content (AvgIpc) is 1.96. The number of rotatable bonds is 2. The van der Waals surface area contributed by atoms with Crippen molar-refractivity contribution in [3.8, 4) is 0 Å². The minimum Gasteiger partial charge on any atom is -0.481 e. The van der Waals surface area contributed by atoms with Crippen LogP contribution in [0.15, 0.2) is 0 Å². The highest BCUT2D eigenvalue weighted by molar-refractivity contribution is 5.67. The first-order valence-electron chi connectivity index (χ1n) is 4.17. The molecular weight excluding hydrogens is 160 g/mol. The quantitative estimate of drug-likeness (QED) is 0.550. The van der Waals surface area contributed by atoms with Gasteiger partial charge in [0.05, 0.1) is 18.6 Å². The zero-order valence-corrected chi connectivity index (χ0v) is 6.81. The van der Waals surface area contributed by atoms with Gasteiger partial charge in [-0.25, -0.2) is 0 Å². The van der Waals surface area contributed by atoms with Gasteiger partial charge in [-0.1, -0.05) is 0 Å². The fraction of sp³-hybridized carbons (Fsp3) is 0.875. The molecule has 0 amide bonds. The summed E-state index contributed by atoms with van der Waals surface area (Å²) in [5.74, 6) is -1.18. The van der Waals surface area contributed by atoms with Gasteiger partial charge in [0.15, 0.2) is 0 Å². The van der Waals surface area contributed by atoms with E-state index in [1.807, 2.05) is 0 Å². The van der Waals surface area contributed by atoms with Crippen LogP contribution in [0.3, 0.4) is 0 Å². The van der Waals surface area contributed by atoms with Gasteiger partial charge in [0.2, 0.25) is 0 Å². The standard InChI is InChI=1S/C8H14O4/c9-6-1-2-7(10)5(3-6)4-8(11)12/h5-7,9-10H,1-4H2,(H,11,12). The molecule has 0 bridgehead atoms. The molecular formula is C8H14O4. The van der Waals surface area contributed by atoms with Gasteiger partial charge in [-0.15, -0.1) is 0 Å². The Morgan fingerprint density at radius 1 is 1.33 bits per heavy atom. The van der Waals surface area contributed by atoms with Gasteiger partial charge in [0.1, 0.15) is 0 Å². The summed E-state index contributed by atoms with van der Waals surface area (Å²) >= 11 is 0. The van der Waals surface area contributed by atoms with Crippen molar-refractivity contribution in [1.82, 2.24) is 0 Å². The van der Waals surface area contributed by atoms with Crippen molar-refractivity contribution < 1.29 is 20.1 Å². The van der Waals surface area contributed by atoms with Gasteiger partial charge in [-0.3, -0.25) is 4.79 Å². The molecule has 1 fully saturated rings. The fourth-order valence-electron chi connectivity index (χ4n) is 1.67. The molecule has 0 radical (unpaired) electrons. The first kappa shape index (κ1) is 9.48. The van der Waals surface area contributed by atoms with Crippen LogP contribution in [0, 0.1) is 5.92 Å². The second-order valence-electron chi connectivity index (χ2n) is 3.39. The highest BCUT2D eigenvalue weighted by atomic mass is 16.4. The topological polar surface area (TPSA) is 77.8 Å². The van der Waals surface area contributed by atoms with Crippen molar-refractivity contribution in [2.24, 2.45) is 5.92 Å². The predicted octanol–water partition coefficient (Wildman–Crippen LogP) is -0.0170. The molecule has 1 aliphatic carbocycles. The van der Waals surface area contributed by atoms with E-state index in [0.717, 1.165) is 0 Å². The van der Waals surface area contributed by atoms with Crippen molar-refractivity contribution in [2.75, 3.05) is 0 Å². The van der Waals surface area contributed by atoms with Crippen molar-refractivity contribution in [1.29, 1.82) is 0 Å². The molecule has 3 N–H and O–H groups in total. The zero-order valence-electron chi connectivity index (χ0n) is 6.81. The van der Waals surface area contributed by atoms with E-state index < -0.39 is 18.2 Å². The molecule has 1 rings (SSSR count). The molecule has 1 saturated carbocycles. The summed E-state index contributed by atoms with van der Waals surface area (Å²) in [4.78, 5) is 10.3. The molecule has 0 spiro atoms. The first-order valence-corrected chi connectivity index (χ1v) is 4.17. The van der Waals surface area contributed by atoms with Crippen molar-refractivity contribution in [3.05, 3.63) is 0 Å². The summed E-state index contributed by atoms with van der Waals surface area (Å²) in [6.45, 7) is 0. The Balaban J connectivity index is 2.43. The molecule has 0 aromatic heterocycles. The van der Waals surface area contributed by atoms with E-state index in [4.69, 9.17) is 5.11 Å². The van der Waals surface area contributed by atoms with Crippen LogP contribution in [0.5, 0.6) is 0 Å². The summed E-state index contributed by atoms with van der Waals surface area (Å²) in [7, 11) is 0. The van der Waals surface area contributed by atoms with Crippen LogP contribution in [0.25, 0.3) is 0 Å². The Bertz CT molecular complexity index is 168. The maximum absolute atomic E-state index is 10.3. The lowest BCUT2D eigenvalue weighted by molar-refractivity contribution is -0.140. The summed E-state index contributed by atoms with van der Waals surface area (Å²) < 4.78 is 0. The number of hydrogen-bond donors (Lipinski definition) is 3. The number of aliphatic carboxylic acids is 1. The molecule has 3 unspecified atom stereocenters. The van der Waals surface area contributed by atoms with E-state index in [0.29, 0.717) is 19.3 Å². The number of carbonyl (C=O) groups is 1. The SMILES string of the molecule is O=C(O)CC1CC(O)CCC1O. The molecule has 0 heterocycles. The summed E-state index contributed by atoms with van der Waals surface area (Å²) in [6, 6.07) is 0. The van der Waals surface area contributed by atoms with Crippen LogP contribution in [-0.2, 0) is 4.79 Å². The van der Waals surface area contributed by atoms with Gasteiger partial charge < -0.3 is 15.3 Å². The summed E-state index contributed by atoms with van der Waals surface area (Å²) in [6.07, 6.45) is 0.476. The minimum absolute atomic E-state index is 0.0434. The lowest BCUT2D eigenvalue weighted by Crippen LogP contribution is -2.33. The third-order valence-electron chi connectivity index (χ3n) is 2.35. The molecule has 0 aliphatic heterocycles. The van der Waals surface area contributed by atoms with Gasteiger partial charge in [-0.05, 0) is 25.2 Å². The maximum Gasteiger partial charge on any atom is 0.303 e. The van der Waals surface area contributed by atoms with E-state index in [-0.39, 0.29) is 12.3 Å². The minimum atomic E-state index is -0.909. The van der Waals surface area contributed by atoms with E-state index in [9.17, 15) is 15.0 Å². The Morgan fingerprint density at radius 3 is 2.58 bits per heavy atom. The van der Waals surface area contributed by atoms with E-state index >= 15 is 0 Å². The molecule has 3 atom stereocenters. The van der Waals surface area contributed by atoms with Gasteiger partial charge in [0.25, 0.3) is 0 Å². The van der Waals surface area contributed by atoms with Gasteiger partial charge >= 0.3 is 5.97 Å². The van der Waals surface area contributed by atoms with Crippen LogP contribution >= 0.6 is 0 Å². The molecule has 1 aliphatic rings. The maximum atomic E-state index is 10.3. The second kappa shape index (κ2) is 3.87. The highest BCUT2D eigenvalue weighted by Gasteiger charge is 2.29. The number of aliphatic hydroxyl groups is 2. The van der Waals surface area contributed by atoms with E-state index in [2.05, 4.69) is 0 Å². The number of aliphatic hydroxyl groups excluding tert-OH is 2. The molecule has 12 heavy (non-hydrogen) atoms. The fourth-order valence-corrected chi connectivity index (χ4v) is 1.67. The third kappa shape index (κ3) is 2.46. The summed E-state index contributed by atoms with van der Waals surface area (Å²) in [5, 5.41) is 27.0. The number of hydrogen-bond acceptors (Lipinski definition) is 3. The van der Waals surface area contributed by atoms with E-state index in [1.54, 1.807) is 0 Å². The van der Waals surface area contributed by atoms with Crippen molar-refractivity contribution >= 4 is 5.97 Å². The normalized spacial score (nSPS) is 36.3. The van der Waals surface area contributed by atoms with Crippen LogP contribution in [0.4, 0.5) is 0 Å². The zero-order chi connectivity index (χ0) is 9.14. The predicted molar refractivity (Wildman–Crippen MR) is 41.6 cm³/mol. The average molecular weight is 174 g/mol. The second-order valence-corrected chi connectivity index (χ2v) is 3.39. The van der Waals surface area contributed by atoms with Gasteiger partial charge in [-0.2, -0.15) is 0 Å². The summed E-state index contributed by atoms with van der Waals surface area (Å²) in [5.41, 5.74) is 0.